The molecule has 2 rings (SSSR count). The van der Waals surface area contributed by atoms with Crippen LogP contribution in [-0.2, 0) is 0 Å². The number of hydrogen-bond acceptors (Lipinski definition) is 5. The van der Waals surface area contributed by atoms with E-state index in [1.165, 1.54) is 18.3 Å². The molecular weight excluding hydrogens is 234 g/mol. The van der Waals surface area contributed by atoms with Crippen LogP contribution >= 0.6 is 0 Å². The zero-order valence-electron chi connectivity index (χ0n) is 10.1. The number of nitrogens with zero attached hydrogens (tertiary/aromatic N) is 2. The van der Waals surface area contributed by atoms with E-state index in [-0.39, 0.29) is 11.5 Å². The van der Waals surface area contributed by atoms with Gasteiger partial charge in [-0.1, -0.05) is 12.8 Å². The Labute approximate surface area is 105 Å². The van der Waals surface area contributed by atoms with Crippen molar-refractivity contribution < 1.29 is 10.0 Å². The standard InChI is InChI=1S/C12H17N3O3/c16-11(9-4-1-2-5-9)8-14-12-10(15(17)18)6-3-7-13-12/h3,6-7,9,11,16H,1-2,4-5,8H2,(H,13,14). The molecule has 1 heterocycles. The fraction of sp³-hybridized carbons (Fsp3) is 0.583. The molecule has 0 saturated heterocycles. The second kappa shape index (κ2) is 5.77. The number of anilines is 1. The predicted octanol–water partition coefficient (Wildman–Crippen LogP) is 1.95. The van der Waals surface area contributed by atoms with Gasteiger partial charge >= 0.3 is 5.69 Å². The van der Waals surface area contributed by atoms with Crippen molar-refractivity contribution in [1.82, 2.24) is 4.98 Å². The van der Waals surface area contributed by atoms with E-state index in [1.54, 1.807) is 0 Å². The average Bonchev–Trinajstić information content (AvgIpc) is 2.90. The summed E-state index contributed by atoms with van der Waals surface area (Å²) in [5.74, 6) is 0.528. The molecule has 2 N–H and O–H groups in total. The van der Waals surface area contributed by atoms with Crippen molar-refractivity contribution in [3.63, 3.8) is 0 Å². The van der Waals surface area contributed by atoms with Crippen molar-refractivity contribution >= 4 is 11.5 Å². The van der Waals surface area contributed by atoms with Crippen LogP contribution in [0.2, 0.25) is 0 Å². The van der Waals surface area contributed by atoms with Gasteiger partial charge in [0.1, 0.15) is 0 Å². The van der Waals surface area contributed by atoms with Crippen LogP contribution in [0.25, 0.3) is 0 Å². The van der Waals surface area contributed by atoms with Crippen LogP contribution < -0.4 is 5.32 Å². The third kappa shape index (κ3) is 2.95. The monoisotopic (exact) mass is 251 g/mol. The van der Waals surface area contributed by atoms with E-state index < -0.39 is 11.0 Å². The Morgan fingerprint density at radius 2 is 2.28 bits per heavy atom. The van der Waals surface area contributed by atoms with E-state index >= 15 is 0 Å². The zero-order valence-corrected chi connectivity index (χ0v) is 10.1. The SMILES string of the molecule is O=[N+]([O-])c1cccnc1NCC(O)C1CCCC1. The maximum atomic E-state index is 10.8. The lowest BCUT2D eigenvalue weighted by atomic mass is 10.0. The molecule has 1 fully saturated rings. The Kier molecular flexibility index (Phi) is 4.09. The maximum Gasteiger partial charge on any atom is 0.311 e. The number of aliphatic hydroxyl groups is 1. The molecule has 6 nitrogen and oxygen atoms in total. The van der Waals surface area contributed by atoms with Crippen molar-refractivity contribution in [3.8, 4) is 0 Å². The van der Waals surface area contributed by atoms with E-state index in [0.29, 0.717) is 12.5 Å². The maximum absolute atomic E-state index is 10.8. The largest absolute Gasteiger partial charge is 0.391 e. The number of aliphatic hydroxyl groups excluding tert-OH is 1. The van der Waals surface area contributed by atoms with E-state index in [1.807, 2.05) is 0 Å². The summed E-state index contributed by atoms with van der Waals surface area (Å²) in [5, 5.41) is 23.6. The van der Waals surface area contributed by atoms with Gasteiger partial charge in [-0.15, -0.1) is 0 Å². The summed E-state index contributed by atoms with van der Waals surface area (Å²) >= 11 is 0. The molecule has 0 spiro atoms. The summed E-state index contributed by atoms with van der Waals surface area (Å²) < 4.78 is 0. The van der Waals surface area contributed by atoms with Gasteiger partial charge in [0.05, 0.1) is 11.0 Å². The summed E-state index contributed by atoms with van der Waals surface area (Å²) in [6.07, 6.45) is 5.42. The van der Waals surface area contributed by atoms with E-state index in [2.05, 4.69) is 10.3 Å². The number of nitro groups is 1. The Morgan fingerprint density at radius 1 is 1.56 bits per heavy atom. The first-order chi connectivity index (χ1) is 8.68. The number of nitrogens with one attached hydrogen (secondary N) is 1. The lowest BCUT2D eigenvalue weighted by Gasteiger charge is -2.18. The minimum absolute atomic E-state index is 0.0591. The van der Waals surface area contributed by atoms with Crippen LogP contribution in [0.5, 0.6) is 0 Å². The first-order valence-corrected chi connectivity index (χ1v) is 6.20. The lowest BCUT2D eigenvalue weighted by molar-refractivity contribution is -0.384. The van der Waals surface area contributed by atoms with Gasteiger partial charge in [0.15, 0.2) is 0 Å². The Balaban J connectivity index is 1.95. The number of hydrogen-bond donors (Lipinski definition) is 2. The molecule has 1 aliphatic carbocycles. The normalized spacial score (nSPS) is 17.6. The Morgan fingerprint density at radius 3 is 2.94 bits per heavy atom. The number of aromatic nitrogens is 1. The van der Waals surface area contributed by atoms with Gasteiger partial charge in [-0.3, -0.25) is 10.1 Å². The molecule has 6 heteroatoms. The molecule has 1 unspecified atom stereocenters. The Bertz CT molecular complexity index is 419. The molecular formula is C12H17N3O3. The van der Waals surface area contributed by atoms with Gasteiger partial charge in [-0.2, -0.15) is 0 Å². The van der Waals surface area contributed by atoms with Gasteiger partial charge in [0.2, 0.25) is 5.82 Å². The van der Waals surface area contributed by atoms with Crippen molar-refractivity contribution in [2.24, 2.45) is 5.92 Å². The zero-order chi connectivity index (χ0) is 13.0. The quantitative estimate of drug-likeness (QED) is 0.616. The lowest BCUT2D eigenvalue weighted by Crippen LogP contribution is -2.27. The fourth-order valence-corrected chi connectivity index (χ4v) is 2.39. The van der Waals surface area contributed by atoms with Crippen molar-refractivity contribution in [2.45, 2.75) is 31.8 Å². The van der Waals surface area contributed by atoms with Crippen LogP contribution in [0.3, 0.4) is 0 Å². The van der Waals surface area contributed by atoms with Crippen LogP contribution in [0.15, 0.2) is 18.3 Å². The molecule has 0 radical (unpaired) electrons. The molecule has 1 aromatic rings. The summed E-state index contributed by atoms with van der Waals surface area (Å²) in [4.78, 5) is 14.2. The molecule has 1 aliphatic rings. The highest BCUT2D eigenvalue weighted by Gasteiger charge is 2.24. The van der Waals surface area contributed by atoms with Crippen LogP contribution in [0.1, 0.15) is 25.7 Å². The first kappa shape index (κ1) is 12.8. The summed E-state index contributed by atoms with van der Waals surface area (Å²) in [6, 6.07) is 2.92. The van der Waals surface area contributed by atoms with E-state index in [9.17, 15) is 15.2 Å². The van der Waals surface area contributed by atoms with Gasteiger partial charge in [0, 0.05) is 18.8 Å². The number of pyridine rings is 1. The highest BCUT2D eigenvalue weighted by atomic mass is 16.6. The highest BCUT2D eigenvalue weighted by molar-refractivity contribution is 5.55. The third-order valence-electron chi connectivity index (χ3n) is 3.41. The minimum atomic E-state index is -0.475. The van der Waals surface area contributed by atoms with Crippen LogP contribution in [0, 0.1) is 16.0 Å². The summed E-state index contributed by atoms with van der Waals surface area (Å²) in [7, 11) is 0. The fourth-order valence-electron chi connectivity index (χ4n) is 2.39. The molecule has 18 heavy (non-hydrogen) atoms. The van der Waals surface area contributed by atoms with Crippen molar-refractivity contribution in [2.75, 3.05) is 11.9 Å². The topological polar surface area (TPSA) is 88.3 Å². The molecule has 0 aliphatic heterocycles. The van der Waals surface area contributed by atoms with Crippen molar-refractivity contribution in [3.05, 3.63) is 28.4 Å². The Hall–Kier alpha value is -1.69. The smallest absolute Gasteiger partial charge is 0.311 e. The molecule has 0 bridgehead atoms. The minimum Gasteiger partial charge on any atom is -0.391 e. The molecule has 1 aromatic heterocycles. The average molecular weight is 251 g/mol. The van der Waals surface area contributed by atoms with Crippen LogP contribution in [0.4, 0.5) is 11.5 Å². The molecule has 0 amide bonds. The molecule has 98 valence electrons. The summed E-state index contributed by atoms with van der Waals surface area (Å²) in [5.41, 5.74) is -0.0591. The highest BCUT2D eigenvalue weighted by Crippen LogP contribution is 2.28. The van der Waals surface area contributed by atoms with Crippen LogP contribution in [-0.4, -0.2) is 27.7 Å². The second-order valence-electron chi connectivity index (χ2n) is 4.62. The predicted molar refractivity (Wildman–Crippen MR) is 67.3 cm³/mol. The molecule has 1 saturated carbocycles. The van der Waals surface area contributed by atoms with Crippen molar-refractivity contribution in [1.29, 1.82) is 0 Å². The summed E-state index contributed by atoms with van der Waals surface area (Å²) in [6.45, 7) is 0.308. The van der Waals surface area contributed by atoms with Gasteiger partial charge < -0.3 is 10.4 Å². The molecule has 0 aromatic carbocycles. The molecule has 1 atom stereocenters. The van der Waals surface area contributed by atoms with Gasteiger partial charge in [-0.25, -0.2) is 4.98 Å². The van der Waals surface area contributed by atoms with E-state index in [4.69, 9.17) is 0 Å². The second-order valence-corrected chi connectivity index (χ2v) is 4.62. The first-order valence-electron chi connectivity index (χ1n) is 6.20. The third-order valence-corrected chi connectivity index (χ3v) is 3.41. The van der Waals surface area contributed by atoms with E-state index in [0.717, 1.165) is 25.7 Å². The van der Waals surface area contributed by atoms with Gasteiger partial charge in [-0.05, 0) is 24.8 Å². The number of rotatable bonds is 5. The van der Waals surface area contributed by atoms with Gasteiger partial charge in [0.25, 0.3) is 0 Å².